The van der Waals surface area contributed by atoms with E-state index in [4.69, 9.17) is 9.47 Å². The SMILES string of the molecule is COC(=O)C1=Nc2ccccc2-c2ccccc2/S(C)=C\1C(=O)OC. The fourth-order valence-corrected chi connectivity index (χ4v) is 4.49. The van der Waals surface area contributed by atoms with Crippen LogP contribution in [-0.4, -0.2) is 43.0 Å². The Morgan fingerprint density at radius 2 is 1.48 bits per heavy atom. The summed E-state index contributed by atoms with van der Waals surface area (Å²) in [6.07, 6.45) is 1.89. The van der Waals surface area contributed by atoms with Gasteiger partial charge in [-0.1, -0.05) is 36.4 Å². The molecule has 1 aliphatic rings. The number of rotatable bonds is 2. The average molecular weight is 355 g/mol. The van der Waals surface area contributed by atoms with E-state index in [0.29, 0.717) is 5.69 Å². The van der Waals surface area contributed by atoms with Crippen molar-refractivity contribution in [3.8, 4) is 11.1 Å². The van der Waals surface area contributed by atoms with Gasteiger partial charge in [0.25, 0.3) is 0 Å². The summed E-state index contributed by atoms with van der Waals surface area (Å²) in [6, 6.07) is 15.3. The number of esters is 2. The van der Waals surface area contributed by atoms with Crippen LogP contribution in [0.4, 0.5) is 5.69 Å². The van der Waals surface area contributed by atoms with E-state index in [2.05, 4.69) is 4.99 Å². The molecule has 0 amide bonds. The molecule has 2 aromatic carbocycles. The molecule has 0 aliphatic carbocycles. The lowest BCUT2D eigenvalue weighted by molar-refractivity contribution is -0.134. The molecule has 128 valence electrons. The number of methoxy groups -OCH3 is 2. The summed E-state index contributed by atoms with van der Waals surface area (Å²) in [5.74, 6) is -1.24. The van der Waals surface area contributed by atoms with Gasteiger partial charge in [0.2, 0.25) is 0 Å². The maximum Gasteiger partial charge on any atom is 0.358 e. The van der Waals surface area contributed by atoms with E-state index < -0.39 is 22.4 Å². The Bertz CT molecular complexity index is 931. The second-order valence-electron chi connectivity index (χ2n) is 5.30. The normalized spacial score (nSPS) is 17.3. The van der Waals surface area contributed by atoms with E-state index in [1.165, 1.54) is 14.2 Å². The lowest BCUT2D eigenvalue weighted by Gasteiger charge is -2.20. The average Bonchev–Trinajstić information content (AvgIpc) is 2.65. The van der Waals surface area contributed by atoms with Crippen molar-refractivity contribution in [2.45, 2.75) is 4.90 Å². The maximum absolute atomic E-state index is 12.5. The van der Waals surface area contributed by atoms with E-state index in [9.17, 15) is 9.59 Å². The molecule has 0 aromatic heterocycles. The number of para-hydroxylation sites is 1. The number of aliphatic imine (C=N–C) groups is 1. The Balaban J connectivity index is 2.44. The van der Waals surface area contributed by atoms with Crippen LogP contribution < -0.4 is 0 Å². The minimum atomic E-state index is -0.710. The molecule has 1 unspecified atom stereocenters. The second-order valence-corrected chi connectivity index (χ2v) is 7.17. The molecule has 25 heavy (non-hydrogen) atoms. The highest BCUT2D eigenvalue weighted by Gasteiger charge is 2.30. The van der Waals surface area contributed by atoms with Gasteiger partial charge in [0.15, 0.2) is 5.71 Å². The van der Waals surface area contributed by atoms with Crippen LogP contribution in [0.25, 0.3) is 11.1 Å². The monoisotopic (exact) mass is 355 g/mol. The maximum atomic E-state index is 12.5. The Labute approximate surface area is 148 Å². The molecule has 0 spiro atoms. The zero-order valence-electron chi connectivity index (χ0n) is 14.1. The number of hydrogen-bond donors (Lipinski definition) is 0. The molecule has 0 fully saturated rings. The molecule has 0 saturated heterocycles. The quantitative estimate of drug-likeness (QED) is 0.613. The van der Waals surface area contributed by atoms with Crippen LogP contribution in [0.15, 0.2) is 58.4 Å². The third-order valence-corrected chi connectivity index (χ3v) is 5.90. The van der Waals surface area contributed by atoms with Gasteiger partial charge in [0, 0.05) is 10.5 Å². The van der Waals surface area contributed by atoms with Gasteiger partial charge >= 0.3 is 11.9 Å². The molecule has 5 nitrogen and oxygen atoms in total. The first-order valence-corrected chi connectivity index (χ1v) is 9.18. The predicted octanol–water partition coefficient (Wildman–Crippen LogP) is 3.22. The van der Waals surface area contributed by atoms with E-state index in [-0.39, 0.29) is 10.6 Å². The molecule has 1 aliphatic heterocycles. The van der Waals surface area contributed by atoms with Crippen molar-refractivity contribution in [2.24, 2.45) is 4.99 Å². The third kappa shape index (κ3) is 3.00. The van der Waals surface area contributed by atoms with Crippen LogP contribution in [0.3, 0.4) is 0 Å². The van der Waals surface area contributed by atoms with Crippen molar-refractivity contribution < 1.29 is 19.1 Å². The smallest absolute Gasteiger partial charge is 0.358 e. The van der Waals surface area contributed by atoms with E-state index in [1.54, 1.807) is 0 Å². The molecular weight excluding hydrogens is 338 g/mol. The fraction of sp³-hybridized carbons (Fsp3) is 0.158. The summed E-state index contributed by atoms with van der Waals surface area (Å²) in [7, 11) is 1.85. The van der Waals surface area contributed by atoms with Gasteiger partial charge in [-0.05, 0) is 24.0 Å². The van der Waals surface area contributed by atoms with Crippen molar-refractivity contribution in [3.05, 3.63) is 48.5 Å². The van der Waals surface area contributed by atoms with Gasteiger partial charge < -0.3 is 9.47 Å². The fourth-order valence-electron chi connectivity index (χ4n) is 2.73. The summed E-state index contributed by atoms with van der Waals surface area (Å²) in [5.41, 5.74) is 2.48. The number of carbonyl (C=O) groups is 2. The molecule has 1 heterocycles. The van der Waals surface area contributed by atoms with Crippen molar-refractivity contribution in [1.29, 1.82) is 0 Å². The molecule has 0 radical (unpaired) electrons. The first-order valence-electron chi connectivity index (χ1n) is 7.55. The van der Waals surface area contributed by atoms with E-state index >= 15 is 0 Å². The van der Waals surface area contributed by atoms with Crippen molar-refractivity contribution in [1.82, 2.24) is 0 Å². The van der Waals surface area contributed by atoms with Gasteiger partial charge in [-0.25, -0.2) is 14.6 Å². The van der Waals surface area contributed by atoms with Crippen LogP contribution in [0.2, 0.25) is 0 Å². The van der Waals surface area contributed by atoms with E-state index in [1.807, 2.05) is 54.8 Å². The Hall–Kier alpha value is -2.73. The molecule has 0 saturated carbocycles. The number of benzene rings is 2. The van der Waals surface area contributed by atoms with Crippen LogP contribution in [0.5, 0.6) is 0 Å². The number of nitrogens with zero attached hydrogens (tertiary/aromatic N) is 1. The summed E-state index contributed by atoms with van der Waals surface area (Å²) < 4.78 is 9.80. The van der Waals surface area contributed by atoms with Crippen LogP contribution in [-0.2, 0) is 19.1 Å². The number of ether oxygens (including phenoxy) is 2. The largest absolute Gasteiger partial charge is 0.465 e. The lowest BCUT2D eigenvalue weighted by Crippen LogP contribution is -2.33. The summed E-state index contributed by atoms with van der Waals surface area (Å²) in [6.45, 7) is 0. The van der Waals surface area contributed by atoms with Crippen molar-refractivity contribution in [3.63, 3.8) is 0 Å². The zero-order valence-corrected chi connectivity index (χ0v) is 14.9. The third-order valence-electron chi connectivity index (χ3n) is 3.91. The zero-order chi connectivity index (χ0) is 18.0. The van der Waals surface area contributed by atoms with Gasteiger partial charge in [0.1, 0.15) is 4.86 Å². The number of hydrogen-bond acceptors (Lipinski definition) is 5. The first-order chi connectivity index (χ1) is 12.1. The molecule has 1 atom stereocenters. The highest BCUT2D eigenvalue weighted by Crippen LogP contribution is 2.41. The molecule has 6 heteroatoms. The standard InChI is InChI=1S/C19H17NO4S/c1-23-18(21)16-17(19(22)24-2)25(3)15-11-7-5-9-13(15)12-8-4-6-10-14(12)20-16/h4-11H,1-3H3. The van der Waals surface area contributed by atoms with Crippen molar-refractivity contribution >= 4 is 38.7 Å². The summed E-state index contributed by atoms with van der Waals surface area (Å²) in [5, 5.41) is 0. The topological polar surface area (TPSA) is 65.0 Å². The first kappa shape index (κ1) is 17.1. The predicted molar refractivity (Wildman–Crippen MR) is 99.8 cm³/mol. The molecular formula is C19H17NO4S. The minimum Gasteiger partial charge on any atom is -0.465 e. The van der Waals surface area contributed by atoms with Crippen LogP contribution in [0.1, 0.15) is 0 Å². The highest BCUT2D eigenvalue weighted by molar-refractivity contribution is 8.17. The Morgan fingerprint density at radius 3 is 2.16 bits per heavy atom. The summed E-state index contributed by atoms with van der Waals surface area (Å²) in [4.78, 5) is 30.5. The van der Waals surface area contributed by atoms with E-state index in [0.717, 1.165) is 16.0 Å². The van der Waals surface area contributed by atoms with Crippen LogP contribution in [0, 0.1) is 0 Å². The number of carbonyl (C=O) groups excluding carboxylic acids is 2. The Morgan fingerprint density at radius 1 is 0.880 bits per heavy atom. The van der Waals surface area contributed by atoms with Gasteiger partial charge in [-0.15, -0.1) is 10.5 Å². The summed E-state index contributed by atoms with van der Waals surface area (Å²) >= 11 is 0. The second kappa shape index (κ2) is 7.03. The lowest BCUT2D eigenvalue weighted by atomic mass is 10.0. The number of fused-ring (bicyclic) bond motifs is 3. The van der Waals surface area contributed by atoms with Gasteiger partial charge in [0.05, 0.1) is 19.9 Å². The Kier molecular flexibility index (Phi) is 4.81. The van der Waals surface area contributed by atoms with Crippen LogP contribution >= 0.6 is 10.5 Å². The van der Waals surface area contributed by atoms with Crippen molar-refractivity contribution in [2.75, 3.05) is 20.5 Å². The molecule has 0 bridgehead atoms. The molecule has 0 N–H and O–H groups in total. The van der Waals surface area contributed by atoms with Gasteiger partial charge in [-0.3, -0.25) is 0 Å². The molecule has 2 aromatic rings. The highest BCUT2D eigenvalue weighted by atomic mass is 32.2. The van der Waals surface area contributed by atoms with Gasteiger partial charge in [-0.2, -0.15) is 0 Å². The molecule has 3 rings (SSSR count). The minimum absolute atomic E-state index is 0.0119.